The van der Waals surface area contributed by atoms with E-state index in [1.54, 1.807) is 0 Å². The van der Waals surface area contributed by atoms with Gasteiger partial charge in [0.25, 0.3) is 0 Å². The first-order valence-electron chi connectivity index (χ1n) is 6.06. The van der Waals surface area contributed by atoms with Gasteiger partial charge in [0.2, 0.25) is 5.91 Å². The van der Waals surface area contributed by atoms with Crippen molar-refractivity contribution in [3.05, 3.63) is 0 Å². The van der Waals surface area contributed by atoms with Crippen LogP contribution in [0.5, 0.6) is 0 Å². The summed E-state index contributed by atoms with van der Waals surface area (Å²) in [5.74, 6) is 0.113. The molecule has 2 unspecified atom stereocenters. The Kier molecular flexibility index (Phi) is 4.94. The molecule has 0 bridgehead atoms. The zero-order valence-corrected chi connectivity index (χ0v) is 11.3. The van der Waals surface area contributed by atoms with Crippen LogP contribution in [-0.4, -0.2) is 38.4 Å². The lowest BCUT2D eigenvalue weighted by Crippen LogP contribution is -2.47. The Bertz CT molecular complexity index is 365. The van der Waals surface area contributed by atoms with Crippen LogP contribution in [0, 0.1) is 11.8 Å². The molecule has 2 atom stereocenters. The van der Waals surface area contributed by atoms with Crippen molar-refractivity contribution in [2.45, 2.75) is 32.7 Å². The van der Waals surface area contributed by atoms with E-state index in [1.807, 2.05) is 13.8 Å². The van der Waals surface area contributed by atoms with Crippen molar-refractivity contribution >= 4 is 15.7 Å². The lowest BCUT2D eigenvalue weighted by Gasteiger charge is -2.26. The molecule has 1 aliphatic heterocycles. The highest BCUT2D eigenvalue weighted by molar-refractivity contribution is 7.91. The number of sulfone groups is 1. The summed E-state index contributed by atoms with van der Waals surface area (Å²) in [6.07, 6.45) is 1.36. The minimum atomic E-state index is -2.98. The first kappa shape index (κ1) is 14.4. The van der Waals surface area contributed by atoms with Crippen molar-refractivity contribution in [1.29, 1.82) is 0 Å². The predicted molar refractivity (Wildman–Crippen MR) is 67.2 cm³/mol. The molecule has 0 saturated carbocycles. The maximum absolute atomic E-state index is 11.9. The Morgan fingerprint density at radius 1 is 1.47 bits per heavy atom. The number of hydrogen-bond donors (Lipinski definition) is 2. The summed E-state index contributed by atoms with van der Waals surface area (Å²) in [6, 6.07) is -0.242. The molecule has 0 aliphatic carbocycles. The topological polar surface area (TPSA) is 89.3 Å². The first-order chi connectivity index (χ1) is 7.85. The van der Waals surface area contributed by atoms with Gasteiger partial charge in [0.1, 0.15) is 0 Å². The van der Waals surface area contributed by atoms with E-state index in [0.717, 1.165) is 6.42 Å². The van der Waals surface area contributed by atoms with Crippen molar-refractivity contribution in [2.75, 3.05) is 18.1 Å². The number of hydrogen-bond acceptors (Lipinski definition) is 4. The molecule has 1 amide bonds. The fourth-order valence-corrected chi connectivity index (χ4v) is 3.76. The van der Waals surface area contributed by atoms with E-state index in [2.05, 4.69) is 5.32 Å². The first-order valence-corrected chi connectivity index (χ1v) is 7.88. The second kappa shape index (κ2) is 5.82. The Morgan fingerprint density at radius 2 is 2.12 bits per heavy atom. The third-order valence-corrected chi connectivity index (χ3v) is 5.03. The van der Waals surface area contributed by atoms with Crippen LogP contribution >= 0.6 is 0 Å². The van der Waals surface area contributed by atoms with Crippen LogP contribution in [0.3, 0.4) is 0 Å². The molecular formula is C11H22N2O3S. The summed E-state index contributed by atoms with van der Waals surface area (Å²) in [5.41, 5.74) is 5.55. The van der Waals surface area contributed by atoms with Gasteiger partial charge in [0, 0.05) is 12.6 Å². The molecule has 1 fully saturated rings. The predicted octanol–water partition coefficient (Wildman–Crippen LogP) is -0.0893. The normalized spacial score (nSPS) is 25.5. The highest BCUT2D eigenvalue weighted by Gasteiger charge is 2.28. The summed E-state index contributed by atoms with van der Waals surface area (Å²) in [7, 11) is -2.98. The molecule has 100 valence electrons. The highest BCUT2D eigenvalue weighted by atomic mass is 32.2. The van der Waals surface area contributed by atoms with Gasteiger partial charge in [-0.05, 0) is 18.8 Å². The van der Waals surface area contributed by atoms with Crippen LogP contribution in [0.1, 0.15) is 26.7 Å². The molecule has 17 heavy (non-hydrogen) atoms. The average molecular weight is 262 g/mol. The number of nitrogens with two attached hydrogens (primary N) is 1. The molecule has 1 aliphatic rings. The molecule has 0 radical (unpaired) electrons. The van der Waals surface area contributed by atoms with Gasteiger partial charge in [-0.2, -0.15) is 0 Å². The average Bonchev–Trinajstić information content (AvgIpc) is 2.15. The summed E-state index contributed by atoms with van der Waals surface area (Å²) in [4.78, 5) is 11.9. The molecule has 0 aromatic carbocycles. The maximum Gasteiger partial charge on any atom is 0.224 e. The van der Waals surface area contributed by atoms with Gasteiger partial charge in [0.15, 0.2) is 9.84 Å². The molecule has 3 N–H and O–H groups in total. The Balaban J connectivity index is 2.56. The Morgan fingerprint density at radius 3 is 2.59 bits per heavy atom. The third-order valence-electron chi connectivity index (χ3n) is 3.20. The largest absolute Gasteiger partial charge is 0.352 e. The maximum atomic E-state index is 11.9. The van der Waals surface area contributed by atoms with Crippen LogP contribution in [0.15, 0.2) is 0 Å². The zero-order chi connectivity index (χ0) is 13.1. The summed E-state index contributed by atoms with van der Waals surface area (Å²) in [6.45, 7) is 4.17. The van der Waals surface area contributed by atoms with Crippen molar-refractivity contribution in [1.82, 2.24) is 5.32 Å². The number of carbonyl (C=O) groups is 1. The molecule has 5 nitrogen and oxygen atoms in total. The van der Waals surface area contributed by atoms with E-state index >= 15 is 0 Å². The van der Waals surface area contributed by atoms with E-state index in [-0.39, 0.29) is 35.3 Å². The number of nitrogens with one attached hydrogen (secondary N) is 1. The molecule has 1 rings (SSSR count). The molecule has 0 aromatic heterocycles. The molecule has 0 spiro atoms. The van der Waals surface area contributed by atoms with Crippen molar-refractivity contribution in [3.8, 4) is 0 Å². The smallest absolute Gasteiger partial charge is 0.224 e. The second-order valence-electron chi connectivity index (χ2n) is 5.05. The number of amides is 1. The number of carbonyl (C=O) groups excluding carboxylic acids is 1. The van der Waals surface area contributed by atoms with Crippen LogP contribution in [0.2, 0.25) is 0 Å². The lowest BCUT2D eigenvalue weighted by atomic mass is 9.94. The zero-order valence-electron chi connectivity index (χ0n) is 10.5. The molecular weight excluding hydrogens is 240 g/mol. The minimum absolute atomic E-state index is 0.0636. The van der Waals surface area contributed by atoms with Crippen LogP contribution in [-0.2, 0) is 14.6 Å². The van der Waals surface area contributed by atoms with Crippen molar-refractivity contribution in [3.63, 3.8) is 0 Å². The van der Waals surface area contributed by atoms with Crippen molar-refractivity contribution in [2.24, 2.45) is 17.6 Å². The van der Waals surface area contributed by atoms with E-state index in [4.69, 9.17) is 5.73 Å². The van der Waals surface area contributed by atoms with Gasteiger partial charge in [-0.15, -0.1) is 0 Å². The number of rotatable bonds is 4. The Hall–Kier alpha value is -0.620. The molecule has 6 heteroatoms. The van der Waals surface area contributed by atoms with Crippen LogP contribution in [0.25, 0.3) is 0 Å². The highest BCUT2D eigenvalue weighted by Crippen LogP contribution is 2.14. The Labute approximate surface area is 103 Å². The summed E-state index contributed by atoms with van der Waals surface area (Å²) < 4.78 is 22.9. The van der Waals surface area contributed by atoms with Gasteiger partial charge in [-0.3, -0.25) is 4.79 Å². The van der Waals surface area contributed by atoms with Gasteiger partial charge in [-0.25, -0.2) is 8.42 Å². The van der Waals surface area contributed by atoms with E-state index < -0.39 is 9.84 Å². The fraction of sp³-hybridized carbons (Fsp3) is 0.909. The van der Waals surface area contributed by atoms with E-state index in [0.29, 0.717) is 13.0 Å². The van der Waals surface area contributed by atoms with Crippen LogP contribution < -0.4 is 11.1 Å². The van der Waals surface area contributed by atoms with E-state index in [9.17, 15) is 13.2 Å². The second-order valence-corrected chi connectivity index (χ2v) is 7.28. The lowest BCUT2D eigenvalue weighted by molar-refractivity contribution is -0.126. The summed E-state index contributed by atoms with van der Waals surface area (Å²) in [5, 5.41) is 2.81. The molecule has 1 saturated heterocycles. The third kappa shape index (κ3) is 4.27. The monoisotopic (exact) mass is 262 g/mol. The molecule has 0 aromatic rings. The van der Waals surface area contributed by atoms with Gasteiger partial charge >= 0.3 is 0 Å². The van der Waals surface area contributed by atoms with E-state index in [1.165, 1.54) is 0 Å². The van der Waals surface area contributed by atoms with Gasteiger partial charge in [0.05, 0.1) is 17.4 Å². The van der Waals surface area contributed by atoms with Crippen molar-refractivity contribution < 1.29 is 13.2 Å². The SMILES string of the molecule is CC(C)C(CN)C(=O)NC1CCCS(=O)(=O)C1. The summed E-state index contributed by atoms with van der Waals surface area (Å²) >= 11 is 0. The van der Waals surface area contributed by atoms with Gasteiger partial charge < -0.3 is 11.1 Å². The molecule has 1 heterocycles. The van der Waals surface area contributed by atoms with Crippen LogP contribution in [0.4, 0.5) is 0 Å². The fourth-order valence-electron chi connectivity index (χ4n) is 2.13. The standard InChI is InChI=1S/C11H22N2O3S/c1-8(2)10(6-12)11(14)13-9-4-3-5-17(15,16)7-9/h8-10H,3-7,12H2,1-2H3,(H,13,14). The quantitative estimate of drug-likeness (QED) is 0.741. The minimum Gasteiger partial charge on any atom is -0.352 e. The van der Waals surface area contributed by atoms with Gasteiger partial charge in [-0.1, -0.05) is 13.8 Å².